The van der Waals surface area contributed by atoms with Gasteiger partial charge in [-0.05, 0) is 36.2 Å². The maximum absolute atomic E-state index is 12.0. The van der Waals surface area contributed by atoms with Gasteiger partial charge in [-0.2, -0.15) is 0 Å². The second kappa shape index (κ2) is 10.3. The molecule has 0 spiro atoms. The number of nitrogens with one attached hydrogen (secondary N) is 1. The number of carbonyl (C=O) groups is 2. The first kappa shape index (κ1) is 20.5. The van der Waals surface area contributed by atoms with Crippen molar-refractivity contribution in [2.45, 2.75) is 12.8 Å². The molecule has 0 fully saturated rings. The summed E-state index contributed by atoms with van der Waals surface area (Å²) >= 11 is 1.43. The molecule has 2 aromatic heterocycles. The summed E-state index contributed by atoms with van der Waals surface area (Å²) in [6.07, 6.45) is 4.12. The van der Waals surface area contributed by atoms with E-state index in [1.165, 1.54) is 11.3 Å². The zero-order chi connectivity index (χ0) is 20.5. The van der Waals surface area contributed by atoms with Gasteiger partial charge < -0.3 is 14.8 Å². The van der Waals surface area contributed by atoms with Crippen LogP contribution in [0, 0.1) is 0 Å². The van der Waals surface area contributed by atoms with E-state index in [0.717, 1.165) is 21.9 Å². The first-order valence-corrected chi connectivity index (χ1v) is 9.92. The standard InChI is InChI=1S/C21H21N3O4S/c1-27-18-6-4-15(5-7-18)8-10-23-19(25)13-28-20(26)11-17-14-29-21(24-17)16-3-2-9-22-12-16/h2-7,9,12,14H,8,10-11,13H2,1H3,(H,23,25). The monoisotopic (exact) mass is 411 g/mol. The Labute approximate surface area is 172 Å². The van der Waals surface area contributed by atoms with E-state index in [9.17, 15) is 9.59 Å². The quantitative estimate of drug-likeness (QED) is 0.545. The number of ether oxygens (including phenoxy) is 2. The second-order valence-electron chi connectivity index (χ2n) is 6.17. The number of aromatic nitrogens is 2. The largest absolute Gasteiger partial charge is 0.497 e. The Balaban J connectivity index is 1.36. The van der Waals surface area contributed by atoms with Gasteiger partial charge in [0.05, 0.1) is 19.2 Å². The number of benzene rings is 1. The highest BCUT2D eigenvalue weighted by Crippen LogP contribution is 2.22. The molecule has 1 amide bonds. The molecule has 8 heteroatoms. The Morgan fingerprint density at radius 3 is 2.72 bits per heavy atom. The molecule has 1 aromatic carbocycles. The molecule has 0 saturated heterocycles. The molecule has 0 radical (unpaired) electrons. The lowest BCUT2D eigenvalue weighted by Gasteiger charge is -2.07. The predicted octanol–water partition coefficient (Wildman–Crippen LogP) is 2.66. The Kier molecular flexibility index (Phi) is 7.29. The Morgan fingerprint density at radius 2 is 2.00 bits per heavy atom. The fraction of sp³-hybridized carbons (Fsp3) is 0.238. The number of thiazole rings is 1. The van der Waals surface area contributed by atoms with Crippen LogP contribution in [0.5, 0.6) is 5.75 Å². The van der Waals surface area contributed by atoms with Gasteiger partial charge in [0, 0.05) is 29.9 Å². The predicted molar refractivity (Wildman–Crippen MR) is 110 cm³/mol. The molecule has 2 heterocycles. The zero-order valence-corrected chi connectivity index (χ0v) is 16.8. The number of hydrogen-bond acceptors (Lipinski definition) is 7. The number of esters is 1. The van der Waals surface area contributed by atoms with Gasteiger partial charge in [-0.1, -0.05) is 12.1 Å². The highest BCUT2D eigenvalue weighted by molar-refractivity contribution is 7.13. The lowest BCUT2D eigenvalue weighted by molar-refractivity contribution is -0.147. The molecule has 1 N–H and O–H groups in total. The van der Waals surface area contributed by atoms with Crippen molar-refractivity contribution in [3.8, 4) is 16.3 Å². The summed E-state index contributed by atoms with van der Waals surface area (Å²) in [5.41, 5.74) is 2.59. The van der Waals surface area contributed by atoms with E-state index >= 15 is 0 Å². The van der Waals surface area contributed by atoms with Crippen LogP contribution in [-0.2, 0) is 27.2 Å². The Bertz CT molecular complexity index is 942. The molecule has 0 bridgehead atoms. The lowest BCUT2D eigenvalue weighted by Crippen LogP contribution is -2.30. The van der Waals surface area contributed by atoms with Crippen LogP contribution in [0.3, 0.4) is 0 Å². The minimum atomic E-state index is -0.488. The fourth-order valence-electron chi connectivity index (χ4n) is 2.54. The van der Waals surface area contributed by atoms with Crippen molar-refractivity contribution in [3.63, 3.8) is 0 Å². The normalized spacial score (nSPS) is 10.4. The van der Waals surface area contributed by atoms with Crippen molar-refractivity contribution in [2.75, 3.05) is 20.3 Å². The number of hydrogen-bond donors (Lipinski definition) is 1. The fourth-order valence-corrected chi connectivity index (χ4v) is 3.35. The molecule has 3 aromatic rings. The van der Waals surface area contributed by atoms with Crippen molar-refractivity contribution >= 4 is 23.2 Å². The highest BCUT2D eigenvalue weighted by Gasteiger charge is 2.12. The second-order valence-corrected chi connectivity index (χ2v) is 7.03. The molecular formula is C21H21N3O4S. The maximum Gasteiger partial charge on any atom is 0.312 e. The van der Waals surface area contributed by atoms with Gasteiger partial charge in [0.25, 0.3) is 5.91 Å². The van der Waals surface area contributed by atoms with Crippen LogP contribution in [0.25, 0.3) is 10.6 Å². The van der Waals surface area contributed by atoms with E-state index in [2.05, 4.69) is 15.3 Å². The zero-order valence-electron chi connectivity index (χ0n) is 16.0. The van der Waals surface area contributed by atoms with E-state index in [-0.39, 0.29) is 18.9 Å². The lowest BCUT2D eigenvalue weighted by atomic mass is 10.1. The molecule has 3 rings (SSSR count). The van der Waals surface area contributed by atoms with Crippen LogP contribution < -0.4 is 10.1 Å². The summed E-state index contributed by atoms with van der Waals surface area (Å²) in [7, 11) is 1.62. The van der Waals surface area contributed by atoms with Crippen LogP contribution in [0.1, 0.15) is 11.3 Å². The van der Waals surface area contributed by atoms with Gasteiger partial charge in [-0.3, -0.25) is 14.6 Å². The van der Waals surface area contributed by atoms with Crippen molar-refractivity contribution in [1.82, 2.24) is 15.3 Å². The summed E-state index contributed by atoms with van der Waals surface area (Å²) in [6, 6.07) is 11.4. The molecule has 29 heavy (non-hydrogen) atoms. The number of pyridine rings is 1. The molecule has 0 atom stereocenters. The smallest absolute Gasteiger partial charge is 0.312 e. The van der Waals surface area contributed by atoms with Crippen LogP contribution >= 0.6 is 11.3 Å². The summed E-state index contributed by atoms with van der Waals surface area (Å²) < 4.78 is 10.1. The van der Waals surface area contributed by atoms with Crippen molar-refractivity contribution < 1.29 is 19.1 Å². The summed E-state index contributed by atoms with van der Waals surface area (Å²) in [5, 5.41) is 5.33. The van der Waals surface area contributed by atoms with Crippen LogP contribution in [-0.4, -0.2) is 42.1 Å². The number of rotatable bonds is 9. The molecule has 0 saturated carbocycles. The topological polar surface area (TPSA) is 90.4 Å². The van der Waals surface area contributed by atoms with Crippen molar-refractivity contribution in [3.05, 3.63) is 65.4 Å². The highest BCUT2D eigenvalue weighted by atomic mass is 32.1. The summed E-state index contributed by atoms with van der Waals surface area (Å²) in [5.74, 6) is -0.0307. The van der Waals surface area contributed by atoms with Gasteiger partial charge in [-0.15, -0.1) is 11.3 Å². The maximum atomic E-state index is 12.0. The van der Waals surface area contributed by atoms with Gasteiger partial charge in [0.2, 0.25) is 0 Å². The molecular weight excluding hydrogens is 390 g/mol. The minimum Gasteiger partial charge on any atom is -0.497 e. The van der Waals surface area contributed by atoms with Gasteiger partial charge >= 0.3 is 5.97 Å². The van der Waals surface area contributed by atoms with E-state index < -0.39 is 5.97 Å². The average Bonchev–Trinajstić information content (AvgIpc) is 3.22. The molecule has 150 valence electrons. The first-order chi connectivity index (χ1) is 14.1. The molecule has 0 unspecified atom stereocenters. The molecule has 7 nitrogen and oxygen atoms in total. The number of methoxy groups -OCH3 is 1. The van der Waals surface area contributed by atoms with Crippen LogP contribution in [0.15, 0.2) is 54.2 Å². The number of nitrogens with zero attached hydrogens (tertiary/aromatic N) is 2. The minimum absolute atomic E-state index is 0.0237. The third-order valence-corrected chi connectivity index (χ3v) is 4.99. The summed E-state index contributed by atoms with van der Waals surface area (Å²) in [4.78, 5) is 32.3. The van der Waals surface area contributed by atoms with Crippen LogP contribution in [0.2, 0.25) is 0 Å². The van der Waals surface area contributed by atoms with Crippen molar-refractivity contribution in [1.29, 1.82) is 0 Å². The van der Waals surface area contributed by atoms with Gasteiger partial charge in [0.1, 0.15) is 10.8 Å². The summed E-state index contributed by atoms with van der Waals surface area (Å²) in [6.45, 7) is 0.157. The Morgan fingerprint density at radius 1 is 1.17 bits per heavy atom. The SMILES string of the molecule is COc1ccc(CCNC(=O)COC(=O)Cc2csc(-c3cccnc3)n2)cc1. The number of amides is 1. The third-order valence-electron chi connectivity index (χ3n) is 4.04. The molecule has 0 aliphatic rings. The van der Waals surface area contributed by atoms with E-state index in [4.69, 9.17) is 9.47 Å². The van der Waals surface area contributed by atoms with E-state index in [0.29, 0.717) is 18.7 Å². The van der Waals surface area contributed by atoms with Crippen molar-refractivity contribution in [2.24, 2.45) is 0 Å². The van der Waals surface area contributed by atoms with Gasteiger partial charge in [-0.25, -0.2) is 4.98 Å². The van der Waals surface area contributed by atoms with Crippen LogP contribution in [0.4, 0.5) is 0 Å². The van der Waals surface area contributed by atoms with Gasteiger partial charge in [0.15, 0.2) is 6.61 Å². The van der Waals surface area contributed by atoms with E-state index in [1.54, 1.807) is 24.9 Å². The molecule has 0 aliphatic carbocycles. The van der Waals surface area contributed by atoms with E-state index in [1.807, 2.05) is 36.4 Å². The Hall–Kier alpha value is -3.26. The third kappa shape index (κ3) is 6.39. The average molecular weight is 411 g/mol. The first-order valence-electron chi connectivity index (χ1n) is 9.04. The molecule has 0 aliphatic heterocycles. The number of carbonyl (C=O) groups excluding carboxylic acids is 2.